The molecule has 21 heavy (non-hydrogen) atoms. The molecule has 0 saturated heterocycles. The van der Waals surface area contributed by atoms with Crippen LogP contribution in [0.5, 0.6) is 0 Å². The third kappa shape index (κ3) is 5.79. The Hall–Kier alpha value is -0.870. The monoisotopic (exact) mass is 293 g/mol. The molecular formula is C17H31N3O. The molecule has 0 unspecified atom stereocenters. The largest absolute Gasteiger partial charge is 0.378 e. The molecule has 1 aliphatic carbocycles. The lowest BCUT2D eigenvalue weighted by Crippen LogP contribution is -2.22. The van der Waals surface area contributed by atoms with Crippen LogP contribution < -0.4 is 5.32 Å². The van der Waals surface area contributed by atoms with E-state index in [1.807, 2.05) is 10.9 Å². The molecular weight excluding hydrogens is 262 g/mol. The molecule has 0 aliphatic heterocycles. The van der Waals surface area contributed by atoms with Gasteiger partial charge in [-0.25, -0.2) is 0 Å². The number of nitrogens with one attached hydrogen (secondary N) is 1. The van der Waals surface area contributed by atoms with E-state index in [4.69, 9.17) is 4.74 Å². The predicted octanol–water partition coefficient (Wildman–Crippen LogP) is 3.47. The number of hydrogen-bond acceptors (Lipinski definition) is 3. The minimum Gasteiger partial charge on any atom is -0.378 e. The van der Waals surface area contributed by atoms with Crippen LogP contribution in [0.4, 0.5) is 0 Å². The smallest absolute Gasteiger partial charge is 0.0575 e. The SMILES string of the molecule is CC(C)(C)n1cc(CNCCCOC2CCCCC2)cn1. The van der Waals surface area contributed by atoms with Crippen molar-refractivity contribution in [2.24, 2.45) is 0 Å². The van der Waals surface area contributed by atoms with Gasteiger partial charge in [-0.05, 0) is 46.6 Å². The second-order valence-corrected chi connectivity index (χ2v) is 7.13. The maximum absolute atomic E-state index is 5.93. The standard InChI is InChI=1S/C17H31N3O/c1-17(2,3)20-14-15(13-19-20)12-18-10-7-11-21-16-8-5-4-6-9-16/h13-14,16,18H,4-12H2,1-3H3. The molecule has 1 aliphatic rings. The Morgan fingerprint density at radius 1 is 1.29 bits per heavy atom. The molecule has 1 aromatic heterocycles. The lowest BCUT2D eigenvalue weighted by Gasteiger charge is -2.21. The summed E-state index contributed by atoms with van der Waals surface area (Å²) in [6.45, 7) is 9.28. The van der Waals surface area contributed by atoms with Crippen LogP contribution in [0.25, 0.3) is 0 Å². The molecule has 120 valence electrons. The van der Waals surface area contributed by atoms with E-state index >= 15 is 0 Å². The van der Waals surface area contributed by atoms with Gasteiger partial charge in [0.1, 0.15) is 0 Å². The fourth-order valence-electron chi connectivity index (χ4n) is 2.73. The number of rotatable bonds is 7. The zero-order valence-electron chi connectivity index (χ0n) is 13.9. The summed E-state index contributed by atoms with van der Waals surface area (Å²) in [5.74, 6) is 0. The molecule has 0 amide bonds. The maximum Gasteiger partial charge on any atom is 0.0575 e. The first-order valence-electron chi connectivity index (χ1n) is 8.42. The van der Waals surface area contributed by atoms with Gasteiger partial charge in [0.25, 0.3) is 0 Å². The Labute approximate surface area is 129 Å². The van der Waals surface area contributed by atoms with E-state index in [1.54, 1.807) is 0 Å². The van der Waals surface area contributed by atoms with Crippen molar-refractivity contribution in [1.29, 1.82) is 0 Å². The van der Waals surface area contributed by atoms with E-state index in [0.29, 0.717) is 6.10 Å². The van der Waals surface area contributed by atoms with Crippen LogP contribution in [0.2, 0.25) is 0 Å². The molecule has 4 nitrogen and oxygen atoms in total. The molecule has 0 aromatic carbocycles. The van der Waals surface area contributed by atoms with E-state index in [1.165, 1.54) is 37.7 Å². The zero-order valence-corrected chi connectivity index (χ0v) is 13.9. The van der Waals surface area contributed by atoms with Crippen LogP contribution in [-0.2, 0) is 16.8 Å². The average molecular weight is 293 g/mol. The molecule has 1 fully saturated rings. The summed E-state index contributed by atoms with van der Waals surface area (Å²) in [7, 11) is 0. The van der Waals surface area contributed by atoms with Crippen LogP contribution in [-0.4, -0.2) is 29.0 Å². The van der Waals surface area contributed by atoms with Gasteiger partial charge in [-0.3, -0.25) is 4.68 Å². The first-order chi connectivity index (χ1) is 10.1. The first kappa shape index (κ1) is 16.5. The Bertz CT molecular complexity index is 402. The van der Waals surface area contributed by atoms with Crippen molar-refractivity contribution >= 4 is 0 Å². The van der Waals surface area contributed by atoms with Gasteiger partial charge in [0.05, 0.1) is 17.8 Å². The van der Waals surface area contributed by atoms with E-state index in [-0.39, 0.29) is 5.54 Å². The molecule has 1 saturated carbocycles. The number of hydrogen-bond donors (Lipinski definition) is 1. The quantitative estimate of drug-likeness (QED) is 0.782. The van der Waals surface area contributed by atoms with Crippen LogP contribution >= 0.6 is 0 Å². The highest BCUT2D eigenvalue weighted by atomic mass is 16.5. The third-order valence-corrected chi connectivity index (χ3v) is 4.06. The summed E-state index contributed by atoms with van der Waals surface area (Å²) in [4.78, 5) is 0. The molecule has 4 heteroatoms. The number of aromatic nitrogens is 2. The first-order valence-corrected chi connectivity index (χ1v) is 8.42. The van der Waals surface area contributed by atoms with E-state index in [2.05, 4.69) is 37.4 Å². The molecule has 0 radical (unpaired) electrons. The van der Waals surface area contributed by atoms with Crippen molar-refractivity contribution in [3.05, 3.63) is 18.0 Å². The fourth-order valence-corrected chi connectivity index (χ4v) is 2.73. The Morgan fingerprint density at radius 3 is 2.71 bits per heavy atom. The van der Waals surface area contributed by atoms with Gasteiger partial charge in [-0.1, -0.05) is 19.3 Å². The highest BCUT2D eigenvalue weighted by molar-refractivity contribution is 5.04. The van der Waals surface area contributed by atoms with Crippen molar-refractivity contribution in [1.82, 2.24) is 15.1 Å². The van der Waals surface area contributed by atoms with Gasteiger partial charge in [-0.15, -0.1) is 0 Å². The molecule has 0 atom stereocenters. The summed E-state index contributed by atoms with van der Waals surface area (Å²) >= 11 is 0. The van der Waals surface area contributed by atoms with Gasteiger partial charge in [0, 0.05) is 24.9 Å². The van der Waals surface area contributed by atoms with Crippen molar-refractivity contribution in [2.75, 3.05) is 13.2 Å². The predicted molar refractivity (Wildman–Crippen MR) is 86.4 cm³/mol. The van der Waals surface area contributed by atoms with Crippen molar-refractivity contribution in [3.8, 4) is 0 Å². The lowest BCUT2D eigenvalue weighted by molar-refractivity contribution is 0.0273. The third-order valence-electron chi connectivity index (χ3n) is 4.06. The van der Waals surface area contributed by atoms with Crippen molar-refractivity contribution < 1.29 is 4.74 Å². The summed E-state index contributed by atoms with van der Waals surface area (Å²) in [6.07, 6.45) is 12.3. The van der Waals surface area contributed by atoms with Gasteiger partial charge >= 0.3 is 0 Å². The van der Waals surface area contributed by atoms with Crippen molar-refractivity contribution in [3.63, 3.8) is 0 Å². The van der Waals surface area contributed by atoms with Crippen LogP contribution in [0.15, 0.2) is 12.4 Å². The van der Waals surface area contributed by atoms with Gasteiger partial charge in [-0.2, -0.15) is 5.10 Å². The lowest BCUT2D eigenvalue weighted by atomic mass is 9.98. The highest BCUT2D eigenvalue weighted by Crippen LogP contribution is 2.20. The van der Waals surface area contributed by atoms with Gasteiger partial charge in [0.2, 0.25) is 0 Å². The zero-order chi connectivity index (χ0) is 15.1. The Balaban J connectivity index is 1.54. The molecule has 0 bridgehead atoms. The highest BCUT2D eigenvalue weighted by Gasteiger charge is 2.14. The van der Waals surface area contributed by atoms with Crippen molar-refractivity contribution in [2.45, 2.75) is 77.5 Å². The molecule has 2 rings (SSSR count). The average Bonchev–Trinajstić information content (AvgIpc) is 2.93. The summed E-state index contributed by atoms with van der Waals surface area (Å²) in [5.41, 5.74) is 1.31. The minimum absolute atomic E-state index is 0.0616. The molecule has 1 N–H and O–H groups in total. The van der Waals surface area contributed by atoms with Gasteiger partial charge in [0.15, 0.2) is 0 Å². The van der Waals surface area contributed by atoms with E-state index < -0.39 is 0 Å². The Kier molecular flexibility index (Phi) is 6.24. The molecule has 1 heterocycles. The van der Waals surface area contributed by atoms with E-state index in [0.717, 1.165) is 26.1 Å². The van der Waals surface area contributed by atoms with Gasteiger partial charge < -0.3 is 10.1 Å². The van der Waals surface area contributed by atoms with Crippen LogP contribution in [0.3, 0.4) is 0 Å². The fraction of sp³-hybridized carbons (Fsp3) is 0.824. The second-order valence-electron chi connectivity index (χ2n) is 7.13. The summed E-state index contributed by atoms with van der Waals surface area (Å²) in [5, 5.41) is 7.89. The second kappa shape index (κ2) is 7.95. The van der Waals surface area contributed by atoms with Crippen LogP contribution in [0.1, 0.15) is 64.9 Å². The number of nitrogens with zero attached hydrogens (tertiary/aromatic N) is 2. The molecule has 1 aromatic rings. The number of ether oxygens (including phenoxy) is 1. The van der Waals surface area contributed by atoms with Crippen LogP contribution in [0, 0.1) is 0 Å². The molecule has 0 spiro atoms. The normalized spacial score (nSPS) is 17.3. The van der Waals surface area contributed by atoms with E-state index in [9.17, 15) is 0 Å². The minimum atomic E-state index is 0.0616. The summed E-state index contributed by atoms with van der Waals surface area (Å²) < 4.78 is 7.95. The topological polar surface area (TPSA) is 39.1 Å². The summed E-state index contributed by atoms with van der Waals surface area (Å²) in [6, 6.07) is 0. The Morgan fingerprint density at radius 2 is 2.05 bits per heavy atom. The maximum atomic E-state index is 5.93.